The minimum absolute atomic E-state index is 1.52. The van der Waals surface area contributed by atoms with E-state index >= 15 is 0 Å². The van der Waals surface area contributed by atoms with Gasteiger partial charge in [0.25, 0.3) is 0 Å². The van der Waals surface area contributed by atoms with Crippen LogP contribution in [0, 0.1) is 0 Å². The summed E-state index contributed by atoms with van der Waals surface area (Å²) in [5.41, 5.74) is 0. The van der Waals surface area contributed by atoms with Crippen LogP contribution in [0.25, 0.3) is 0 Å². The maximum atomic E-state index is 6.38. The van der Waals surface area contributed by atoms with Gasteiger partial charge in [0.2, 0.25) is 0 Å². The zero-order valence-electron chi connectivity index (χ0n) is 31.7. The van der Waals surface area contributed by atoms with Crippen molar-refractivity contribution in [1.29, 1.82) is 0 Å². The van der Waals surface area contributed by atoms with Crippen LogP contribution in [0.1, 0.15) is 0 Å². The summed E-state index contributed by atoms with van der Waals surface area (Å²) in [6.45, 7) is 26.2. The molecule has 0 fully saturated rings. The van der Waals surface area contributed by atoms with E-state index < -0.39 is 95.9 Å². The monoisotopic (exact) mass is 1550 g/mol. The Bertz CT molecular complexity index is 1090. The van der Waals surface area contributed by atoms with E-state index in [1.165, 1.54) is 19.6 Å². The van der Waals surface area contributed by atoms with E-state index in [0.29, 0.717) is 0 Å². The van der Waals surface area contributed by atoms with Crippen LogP contribution in [0.2, 0.25) is 98.2 Å². The third-order valence-electron chi connectivity index (χ3n) is 5.21. The molecule has 0 aromatic heterocycles. The molecule has 326 valence electrons. The molecule has 39 heteroatoms. The first-order valence-corrected chi connectivity index (χ1v) is 47.5. The van der Waals surface area contributed by atoms with Crippen molar-refractivity contribution in [2.45, 2.75) is 98.2 Å². The third kappa shape index (κ3) is 21.8. The van der Waals surface area contributed by atoms with E-state index in [4.69, 9.17) is 72.8 Å². The van der Waals surface area contributed by atoms with Gasteiger partial charge in [0, 0.05) is 58.9 Å². The van der Waals surface area contributed by atoms with Crippen molar-refractivity contribution < 1.29 is 72.8 Å². The second kappa shape index (κ2) is 23.9. The van der Waals surface area contributed by atoms with Crippen molar-refractivity contribution in [2.75, 3.05) is 0 Å². The Morgan fingerprint density at radius 3 is 0.352 bits per heavy atom. The lowest BCUT2D eigenvalue weighted by atomic mass is 11.8. The van der Waals surface area contributed by atoms with Crippen LogP contribution in [0.15, 0.2) is 0 Å². The molecule has 0 saturated heterocycles. The zero-order chi connectivity index (χ0) is 42.9. The summed E-state index contributed by atoms with van der Waals surface area (Å²) >= 11 is 27.3. The lowest BCUT2D eigenvalue weighted by Crippen LogP contribution is -2.67. The molecular weight excluding hydrogens is 1510 g/mol. The standard InChI is InChI=1S/C15H45Br9O19Si11/c1-44(2,3)34-46(7,25-16)36-48(9,27-18)38-50(11,29-20)40-52(13,31-22)42-54(15,33-24)43-53(14,32-23)41-51(12,30-21)39-49(10,28-19)37-47(8,26-17)35-45(4,5)6/h1-15H3. The predicted molar refractivity (Wildman–Crippen MR) is 252 cm³/mol. The molecule has 8 atom stereocenters. The minimum Gasteiger partial charge on any atom is -0.416 e. The van der Waals surface area contributed by atoms with Crippen molar-refractivity contribution in [3.63, 3.8) is 0 Å². The fourth-order valence-electron chi connectivity index (χ4n) is 4.28. The highest BCUT2D eigenvalue weighted by Crippen LogP contribution is 2.36. The summed E-state index contributed by atoms with van der Waals surface area (Å²) in [5.74, 6) is 0. The average molecular weight is 1560 g/mol. The fourth-order valence-corrected chi connectivity index (χ4v) is 52.6. The molecule has 0 spiro atoms. The lowest BCUT2D eigenvalue weighted by molar-refractivity contribution is 0.130. The molecule has 0 aliphatic rings. The minimum atomic E-state index is -3.96. The normalized spacial score (nSPS) is 23.3. The Hall–Kier alpha value is 5.95. The average Bonchev–Trinajstić information content (AvgIpc) is 3.02. The van der Waals surface area contributed by atoms with E-state index in [1.807, 2.05) is 39.3 Å². The van der Waals surface area contributed by atoms with Gasteiger partial charge in [0.15, 0.2) is 16.6 Å². The van der Waals surface area contributed by atoms with Gasteiger partial charge in [-0.3, -0.25) is 31.7 Å². The molecule has 0 aliphatic heterocycles. The van der Waals surface area contributed by atoms with Crippen molar-refractivity contribution >= 4 is 242 Å². The molecule has 0 saturated carbocycles. The van der Waals surface area contributed by atoms with E-state index in [-0.39, 0.29) is 0 Å². The van der Waals surface area contributed by atoms with Gasteiger partial charge in [-0.15, -0.1) is 0 Å². The summed E-state index contributed by atoms with van der Waals surface area (Å²) in [6.07, 6.45) is 0. The summed E-state index contributed by atoms with van der Waals surface area (Å²) in [4.78, 5) is 0. The summed E-state index contributed by atoms with van der Waals surface area (Å²) in [5, 5.41) is 0. The molecule has 0 aliphatic carbocycles. The third-order valence-corrected chi connectivity index (χ3v) is 55.2. The van der Waals surface area contributed by atoms with Crippen molar-refractivity contribution in [3.8, 4) is 0 Å². The quantitative estimate of drug-likeness (QED) is 0.0646. The Morgan fingerprint density at radius 2 is 0.278 bits per heavy atom. The summed E-state index contributed by atoms with van der Waals surface area (Å²) in [7, 11) is -38.0. The van der Waals surface area contributed by atoms with Crippen LogP contribution in [-0.4, -0.2) is 95.9 Å². The molecule has 0 amide bonds. The number of halogens is 9. The van der Waals surface area contributed by atoms with E-state index in [0.717, 1.165) is 0 Å². The largest absolute Gasteiger partial charge is 0.494 e. The Morgan fingerprint density at radius 1 is 0.185 bits per heavy atom. The smallest absolute Gasteiger partial charge is 0.416 e. The maximum Gasteiger partial charge on any atom is 0.494 e. The Labute approximate surface area is 408 Å². The van der Waals surface area contributed by atoms with Gasteiger partial charge < -0.3 is 41.2 Å². The predicted octanol–water partition coefficient (Wildman–Crippen LogP) is 10.9. The molecule has 0 radical (unpaired) electrons. The summed E-state index contributed by atoms with van der Waals surface area (Å²) < 4.78 is 113. The van der Waals surface area contributed by atoms with Crippen molar-refractivity contribution in [3.05, 3.63) is 0 Å². The summed E-state index contributed by atoms with van der Waals surface area (Å²) in [6, 6.07) is 0. The van der Waals surface area contributed by atoms with Crippen molar-refractivity contribution in [1.82, 2.24) is 0 Å². The van der Waals surface area contributed by atoms with Crippen LogP contribution >= 0.6 is 146 Å². The zero-order valence-corrected chi connectivity index (χ0v) is 56.9. The molecule has 0 heterocycles. The second-order valence-corrected chi connectivity index (χ2v) is 56.0. The maximum absolute atomic E-state index is 6.38. The van der Waals surface area contributed by atoms with Gasteiger partial charge in [0.05, 0.1) is 146 Å². The molecule has 0 aromatic carbocycles. The first-order chi connectivity index (χ1) is 24.1. The van der Waals surface area contributed by atoms with Gasteiger partial charge in [-0.05, 0) is 39.3 Å². The van der Waals surface area contributed by atoms with Crippen LogP contribution in [0.3, 0.4) is 0 Å². The highest BCUT2D eigenvalue weighted by molar-refractivity contribution is 9.07. The SMILES string of the molecule is C[Si](C)(C)O[Si](C)(OBr)O[Si](C)(OBr)O[Si](C)(OBr)O[Si](C)(OBr)O[Si](C)(OBr)O[Si](C)(OBr)O[Si](C)(OBr)O[Si](C)(OBr)O[Si](C)(OBr)O[Si](C)(C)C. The molecule has 0 rings (SSSR count). The first kappa shape index (κ1) is 59.9. The molecule has 19 nitrogen and oxygen atoms in total. The highest BCUT2D eigenvalue weighted by atomic mass is 79.9. The number of hydrogen-bond donors (Lipinski definition) is 0. The van der Waals surface area contributed by atoms with E-state index in [1.54, 1.807) is 39.3 Å². The van der Waals surface area contributed by atoms with Crippen LogP contribution in [0.4, 0.5) is 0 Å². The van der Waals surface area contributed by atoms with Gasteiger partial charge in [-0.25, -0.2) is 0 Å². The highest BCUT2D eigenvalue weighted by Gasteiger charge is 2.63. The molecule has 0 aromatic rings. The Kier molecular flexibility index (Phi) is 26.6. The van der Waals surface area contributed by atoms with Gasteiger partial charge >= 0.3 is 79.2 Å². The van der Waals surface area contributed by atoms with Crippen molar-refractivity contribution in [2.24, 2.45) is 0 Å². The Balaban J connectivity index is 6.46. The van der Waals surface area contributed by atoms with E-state index in [2.05, 4.69) is 146 Å². The van der Waals surface area contributed by atoms with E-state index in [9.17, 15) is 0 Å². The molecule has 0 bridgehead atoms. The first-order valence-electron chi connectivity index (χ1n) is 14.8. The number of rotatable bonds is 29. The van der Waals surface area contributed by atoms with Gasteiger partial charge in [-0.2, -0.15) is 0 Å². The second-order valence-electron chi connectivity index (χ2n) is 13.7. The molecular formula is C15H45Br9O19Si11. The topological polar surface area (TPSA) is 175 Å². The van der Waals surface area contributed by atoms with Crippen LogP contribution < -0.4 is 0 Å². The van der Waals surface area contributed by atoms with Gasteiger partial charge in [0.1, 0.15) is 0 Å². The molecule has 0 N–H and O–H groups in total. The fraction of sp³-hybridized carbons (Fsp3) is 1.00. The van der Waals surface area contributed by atoms with Crippen LogP contribution in [-0.2, 0) is 72.8 Å². The molecule has 8 unspecified atom stereocenters. The lowest BCUT2D eigenvalue weighted by Gasteiger charge is -2.42. The van der Waals surface area contributed by atoms with Gasteiger partial charge in [-0.1, -0.05) is 0 Å². The number of hydrogen-bond acceptors (Lipinski definition) is 19. The van der Waals surface area contributed by atoms with Crippen LogP contribution in [0.5, 0.6) is 0 Å². The molecule has 54 heavy (non-hydrogen) atoms.